The molecule has 2 rings (SSSR count). The molecule has 1 unspecified atom stereocenters. The molecule has 0 radical (unpaired) electrons. The summed E-state index contributed by atoms with van der Waals surface area (Å²) in [5.74, 6) is 0. The Balaban J connectivity index is 2.45. The van der Waals surface area contributed by atoms with Crippen LogP contribution < -0.4 is 5.32 Å². The summed E-state index contributed by atoms with van der Waals surface area (Å²) < 4.78 is 1.14. The van der Waals surface area contributed by atoms with Gasteiger partial charge >= 0.3 is 0 Å². The van der Waals surface area contributed by atoms with E-state index in [1.54, 1.807) is 0 Å². The van der Waals surface area contributed by atoms with Crippen LogP contribution in [0.2, 0.25) is 0 Å². The van der Waals surface area contributed by atoms with E-state index in [2.05, 4.69) is 71.3 Å². The predicted octanol–water partition coefficient (Wildman–Crippen LogP) is 4.16. The zero-order chi connectivity index (χ0) is 13.8. The van der Waals surface area contributed by atoms with Crippen molar-refractivity contribution >= 4 is 15.9 Å². The monoisotopic (exact) mass is 318 g/mol. The van der Waals surface area contributed by atoms with Crippen LogP contribution in [0, 0.1) is 13.8 Å². The van der Waals surface area contributed by atoms with Gasteiger partial charge in [0, 0.05) is 16.9 Å². The van der Waals surface area contributed by atoms with Crippen LogP contribution >= 0.6 is 15.9 Å². The van der Waals surface area contributed by atoms with Crippen LogP contribution in [0.4, 0.5) is 0 Å². The first-order valence-corrected chi connectivity index (χ1v) is 7.32. The summed E-state index contributed by atoms with van der Waals surface area (Å²) in [6.07, 6.45) is 3.82. The summed E-state index contributed by atoms with van der Waals surface area (Å²) in [7, 11) is 0. The van der Waals surface area contributed by atoms with Crippen LogP contribution in [-0.2, 0) is 0 Å². The van der Waals surface area contributed by atoms with Crippen molar-refractivity contribution in [3.05, 3.63) is 63.4 Å². The molecule has 0 saturated carbocycles. The van der Waals surface area contributed by atoms with Gasteiger partial charge in [0.1, 0.15) is 0 Å². The second kappa shape index (κ2) is 6.31. The average Bonchev–Trinajstić information content (AvgIpc) is 2.37. The van der Waals surface area contributed by atoms with Crippen LogP contribution in [-0.4, -0.2) is 11.5 Å². The maximum atomic E-state index is 4.30. The first-order valence-electron chi connectivity index (χ1n) is 6.52. The molecule has 1 aromatic heterocycles. The fourth-order valence-electron chi connectivity index (χ4n) is 2.21. The molecule has 0 aliphatic heterocycles. The van der Waals surface area contributed by atoms with E-state index in [-0.39, 0.29) is 6.04 Å². The van der Waals surface area contributed by atoms with Crippen molar-refractivity contribution in [3.8, 4) is 0 Å². The first-order chi connectivity index (χ1) is 9.11. The summed E-state index contributed by atoms with van der Waals surface area (Å²) in [6.45, 7) is 7.21. The minimum atomic E-state index is 0.173. The highest BCUT2D eigenvalue weighted by Crippen LogP contribution is 2.29. The van der Waals surface area contributed by atoms with Gasteiger partial charge in [-0.3, -0.25) is 4.98 Å². The topological polar surface area (TPSA) is 24.9 Å². The highest BCUT2D eigenvalue weighted by molar-refractivity contribution is 9.10. The Labute approximate surface area is 123 Å². The summed E-state index contributed by atoms with van der Waals surface area (Å²) >= 11 is 3.67. The molecule has 1 heterocycles. The number of nitrogens with one attached hydrogen (secondary N) is 1. The van der Waals surface area contributed by atoms with Gasteiger partial charge in [-0.25, -0.2) is 0 Å². The standard InChI is InChI=1S/C16H19BrN2/c1-4-19-16(13-7-12(3)9-18-10-13)14-6-5-11(2)8-15(14)17/h5-10,16,19H,4H2,1-3H3. The number of hydrogen-bond donors (Lipinski definition) is 1. The molecule has 100 valence electrons. The van der Waals surface area contributed by atoms with Crippen LogP contribution in [0.25, 0.3) is 0 Å². The number of halogens is 1. The van der Waals surface area contributed by atoms with Gasteiger partial charge in [-0.1, -0.05) is 41.1 Å². The van der Waals surface area contributed by atoms with Crippen LogP contribution in [0.1, 0.15) is 35.2 Å². The van der Waals surface area contributed by atoms with Gasteiger partial charge < -0.3 is 5.32 Å². The molecule has 0 amide bonds. The molecule has 19 heavy (non-hydrogen) atoms. The van der Waals surface area contributed by atoms with Gasteiger partial charge in [0.05, 0.1) is 6.04 Å². The van der Waals surface area contributed by atoms with Crippen LogP contribution in [0.5, 0.6) is 0 Å². The van der Waals surface area contributed by atoms with E-state index in [1.165, 1.54) is 22.3 Å². The molecule has 1 atom stereocenters. The lowest BCUT2D eigenvalue weighted by atomic mass is 9.98. The van der Waals surface area contributed by atoms with Gasteiger partial charge in [0.2, 0.25) is 0 Å². The number of rotatable bonds is 4. The van der Waals surface area contributed by atoms with Crippen molar-refractivity contribution < 1.29 is 0 Å². The van der Waals surface area contributed by atoms with Gasteiger partial charge in [-0.05, 0) is 48.7 Å². The Morgan fingerprint density at radius 3 is 2.58 bits per heavy atom. The molecule has 2 nitrogen and oxygen atoms in total. The van der Waals surface area contributed by atoms with Gasteiger partial charge in [-0.15, -0.1) is 0 Å². The highest BCUT2D eigenvalue weighted by atomic mass is 79.9. The third-order valence-electron chi connectivity index (χ3n) is 3.10. The quantitative estimate of drug-likeness (QED) is 0.915. The summed E-state index contributed by atoms with van der Waals surface area (Å²) in [5.41, 5.74) is 4.89. The first kappa shape index (κ1) is 14.2. The number of benzene rings is 1. The molecule has 2 aromatic rings. The van der Waals surface area contributed by atoms with Crippen molar-refractivity contribution in [1.82, 2.24) is 10.3 Å². The smallest absolute Gasteiger partial charge is 0.0603 e. The lowest BCUT2D eigenvalue weighted by Gasteiger charge is -2.20. The highest BCUT2D eigenvalue weighted by Gasteiger charge is 2.16. The van der Waals surface area contributed by atoms with E-state index in [9.17, 15) is 0 Å². The molecule has 1 N–H and O–H groups in total. The zero-order valence-corrected chi connectivity index (χ0v) is 13.2. The Hall–Kier alpha value is -1.19. The fraction of sp³-hybridized carbons (Fsp3) is 0.312. The minimum Gasteiger partial charge on any atom is -0.306 e. The Morgan fingerprint density at radius 1 is 1.16 bits per heavy atom. The number of pyridine rings is 1. The Morgan fingerprint density at radius 2 is 1.95 bits per heavy atom. The third-order valence-corrected chi connectivity index (χ3v) is 3.79. The molecule has 0 bridgehead atoms. The Bertz CT molecular complexity index is 566. The maximum Gasteiger partial charge on any atom is 0.0603 e. The molecule has 0 fully saturated rings. The normalized spacial score (nSPS) is 12.4. The van der Waals surface area contributed by atoms with E-state index in [0.29, 0.717) is 0 Å². The molecule has 3 heteroatoms. The fourth-order valence-corrected chi connectivity index (χ4v) is 2.94. The van der Waals surface area contributed by atoms with Crippen LogP contribution in [0.3, 0.4) is 0 Å². The second-order valence-electron chi connectivity index (χ2n) is 4.81. The van der Waals surface area contributed by atoms with E-state index < -0.39 is 0 Å². The molecule has 0 spiro atoms. The lowest BCUT2D eigenvalue weighted by molar-refractivity contribution is 0.626. The van der Waals surface area contributed by atoms with Crippen molar-refractivity contribution in [3.63, 3.8) is 0 Å². The van der Waals surface area contributed by atoms with E-state index in [1.807, 2.05) is 12.4 Å². The lowest BCUT2D eigenvalue weighted by Crippen LogP contribution is -2.22. The maximum absolute atomic E-state index is 4.30. The molecule has 0 aliphatic carbocycles. The predicted molar refractivity (Wildman–Crippen MR) is 83.4 cm³/mol. The van der Waals surface area contributed by atoms with Crippen molar-refractivity contribution in [2.75, 3.05) is 6.54 Å². The van der Waals surface area contributed by atoms with E-state index >= 15 is 0 Å². The average molecular weight is 319 g/mol. The summed E-state index contributed by atoms with van der Waals surface area (Å²) in [5, 5.41) is 3.53. The summed E-state index contributed by atoms with van der Waals surface area (Å²) in [4.78, 5) is 4.30. The van der Waals surface area contributed by atoms with E-state index in [4.69, 9.17) is 0 Å². The van der Waals surface area contributed by atoms with Gasteiger partial charge in [-0.2, -0.15) is 0 Å². The van der Waals surface area contributed by atoms with Crippen molar-refractivity contribution in [1.29, 1.82) is 0 Å². The number of aromatic nitrogens is 1. The molecule has 1 aromatic carbocycles. The number of hydrogen-bond acceptors (Lipinski definition) is 2. The van der Waals surface area contributed by atoms with Crippen LogP contribution in [0.15, 0.2) is 41.1 Å². The molecular formula is C16H19BrN2. The molecular weight excluding hydrogens is 300 g/mol. The largest absolute Gasteiger partial charge is 0.306 e. The van der Waals surface area contributed by atoms with Gasteiger partial charge in [0.15, 0.2) is 0 Å². The van der Waals surface area contributed by atoms with E-state index in [0.717, 1.165) is 11.0 Å². The molecule has 0 saturated heterocycles. The zero-order valence-electron chi connectivity index (χ0n) is 11.6. The number of nitrogens with zero attached hydrogens (tertiary/aromatic N) is 1. The SMILES string of the molecule is CCNC(c1cncc(C)c1)c1ccc(C)cc1Br. The van der Waals surface area contributed by atoms with Gasteiger partial charge in [0.25, 0.3) is 0 Å². The molecule has 0 aliphatic rings. The second-order valence-corrected chi connectivity index (χ2v) is 5.67. The van der Waals surface area contributed by atoms with Crippen molar-refractivity contribution in [2.45, 2.75) is 26.8 Å². The summed E-state index contributed by atoms with van der Waals surface area (Å²) in [6, 6.07) is 8.84. The Kier molecular flexibility index (Phi) is 4.72. The number of aryl methyl sites for hydroxylation is 2. The third kappa shape index (κ3) is 3.43. The minimum absolute atomic E-state index is 0.173. The van der Waals surface area contributed by atoms with Crippen molar-refractivity contribution in [2.24, 2.45) is 0 Å².